The Morgan fingerprint density at radius 3 is 1.95 bits per heavy atom. The van der Waals surface area contributed by atoms with E-state index in [9.17, 15) is 58.5 Å². The van der Waals surface area contributed by atoms with Crippen LogP contribution >= 0.6 is 0 Å². The van der Waals surface area contributed by atoms with Crippen LogP contribution in [0.3, 0.4) is 0 Å². The number of aliphatic imine (C=N–C) groups is 2. The van der Waals surface area contributed by atoms with Crippen LogP contribution in [-0.4, -0.2) is 200 Å². The summed E-state index contributed by atoms with van der Waals surface area (Å²) in [5.74, 6) is -8.65. The highest BCUT2D eigenvalue weighted by Crippen LogP contribution is 2.28. The van der Waals surface area contributed by atoms with Crippen LogP contribution in [0.4, 0.5) is 0 Å². The minimum Gasteiger partial charge on any atom is -0.493 e. The molecule has 1 heterocycles. The number of aliphatic hydroxyl groups is 2. The van der Waals surface area contributed by atoms with Crippen LogP contribution in [0.1, 0.15) is 76.2 Å². The van der Waals surface area contributed by atoms with Crippen molar-refractivity contribution in [3.8, 4) is 11.5 Å². The van der Waals surface area contributed by atoms with Crippen molar-refractivity contribution in [2.75, 3.05) is 66.6 Å². The third-order valence-corrected chi connectivity index (χ3v) is 12.4. The van der Waals surface area contributed by atoms with Crippen molar-refractivity contribution in [3.05, 3.63) is 35.5 Å². The second-order valence-corrected chi connectivity index (χ2v) is 18.5. The van der Waals surface area contributed by atoms with Crippen molar-refractivity contribution in [3.63, 3.8) is 0 Å². The second kappa shape index (κ2) is 36.7. The number of amides is 8. The van der Waals surface area contributed by atoms with E-state index < -0.39 is 127 Å². The number of carboxylic acids is 1. The lowest BCUT2D eigenvalue weighted by molar-refractivity contribution is -0.137. The lowest BCUT2D eigenvalue weighted by Crippen LogP contribution is -2.63. The molecule has 1 aliphatic rings. The zero-order valence-electron chi connectivity index (χ0n) is 45.4. The largest absolute Gasteiger partial charge is 0.493 e. The third kappa shape index (κ3) is 23.1. The highest BCUT2D eigenvalue weighted by atomic mass is 16.5. The number of aliphatic hydroxyl groups excluding tert-OH is 2. The number of carboxylic acid groups (broad SMARTS) is 1. The van der Waals surface area contributed by atoms with E-state index in [1.54, 1.807) is 18.2 Å². The molecule has 0 saturated carbocycles. The zero-order chi connectivity index (χ0) is 59.9. The first kappa shape index (κ1) is 68.7. The predicted molar refractivity (Wildman–Crippen MR) is 293 cm³/mol. The van der Waals surface area contributed by atoms with Gasteiger partial charge in [-0.15, -0.1) is 0 Å². The average molecular weight is 1130 g/mol. The molecule has 8 atom stereocenters. The SMILES string of the molecule is COc1ccc(C[C@H](NC(=O)[C@@H]2CCCN2C(=O)C(CCCN)=NC(=O)CNC(=O)[C@@H](NC(=O)[C@@H](NC(=O)[C@@H](N)CCCCN)[C@@H](O)CN)[C@@H](O)CN)C(=O)N[C@@H](CCCCN)C(=O)N/C(=C\CCN=C(N)N)C(=O)O)cc1OC. The van der Waals surface area contributed by atoms with Gasteiger partial charge in [0.1, 0.15) is 41.6 Å². The molecule has 0 radical (unpaired) electrons. The number of benzene rings is 1. The van der Waals surface area contributed by atoms with E-state index in [0.29, 0.717) is 55.7 Å². The molecule has 448 valence electrons. The van der Waals surface area contributed by atoms with E-state index in [4.69, 9.17) is 55.3 Å². The fraction of sp³-hybridized carbons (Fsp3) is 0.612. The first-order valence-electron chi connectivity index (χ1n) is 26.1. The molecule has 0 aliphatic carbocycles. The number of nitrogens with zero attached hydrogens (tertiary/aromatic N) is 3. The number of hydrogen-bond donors (Lipinski definition) is 17. The fourth-order valence-corrected chi connectivity index (χ4v) is 8.05. The maximum absolute atomic E-state index is 14.4. The van der Waals surface area contributed by atoms with E-state index in [0.717, 1.165) is 0 Å². The van der Waals surface area contributed by atoms with Gasteiger partial charge in [0.15, 0.2) is 17.5 Å². The Morgan fingerprint density at radius 1 is 0.750 bits per heavy atom. The molecule has 1 aromatic carbocycles. The minimum atomic E-state index is -1.86. The number of carbonyl (C=O) groups excluding carboxylic acids is 8. The van der Waals surface area contributed by atoms with Crippen LogP contribution in [0.15, 0.2) is 40.0 Å². The van der Waals surface area contributed by atoms with Gasteiger partial charge in [0, 0.05) is 32.6 Å². The van der Waals surface area contributed by atoms with Crippen LogP contribution in [0, 0.1) is 0 Å². The van der Waals surface area contributed by atoms with Gasteiger partial charge in [-0.05, 0) is 102 Å². The monoisotopic (exact) mass is 1130 g/mol. The Kier molecular flexibility index (Phi) is 31.5. The maximum atomic E-state index is 14.4. The zero-order valence-corrected chi connectivity index (χ0v) is 45.4. The topological polar surface area (TPSA) is 541 Å². The van der Waals surface area contributed by atoms with E-state index in [1.807, 2.05) is 0 Å². The molecule has 1 aliphatic heterocycles. The molecule has 25 N–H and O–H groups in total. The quantitative estimate of drug-likeness (QED) is 0.0127. The second-order valence-electron chi connectivity index (χ2n) is 18.5. The molecule has 1 aromatic rings. The van der Waals surface area contributed by atoms with Gasteiger partial charge >= 0.3 is 5.97 Å². The number of nitrogens with one attached hydrogen (secondary N) is 6. The number of aliphatic carboxylic acids is 1. The Bertz CT molecular complexity index is 2340. The number of guanidine groups is 1. The van der Waals surface area contributed by atoms with Crippen LogP contribution < -0.4 is 87.2 Å². The minimum absolute atomic E-state index is 0.00366. The van der Waals surface area contributed by atoms with Crippen molar-refractivity contribution in [1.82, 2.24) is 36.8 Å². The molecule has 0 unspecified atom stereocenters. The summed E-state index contributed by atoms with van der Waals surface area (Å²) in [7, 11) is 2.82. The van der Waals surface area contributed by atoms with Gasteiger partial charge in [0.05, 0.1) is 39.0 Å². The molecule has 1 fully saturated rings. The Morgan fingerprint density at radius 2 is 1.36 bits per heavy atom. The molecular formula is C49H83N17O14. The van der Waals surface area contributed by atoms with Gasteiger partial charge in [-0.3, -0.25) is 43.3 Å². The fourth-order valence-electron chi connectivity index (χ4n) is 8.05. The average Bonchev–Trinajstić information content (AvgIpc) is 3.94. The van der Waals surface area contributed by atoms with Crippen molar-refractivity contribution in [1.29, 1.82) is 0 Å². The number of nitrogens with two attached hydrogens (primary N) is 8. The number of rotatable bonds is 37. The number of hydrogen-bond acceptors (Lipinski definition) is 20. The van der Waals surface area contributed by atoms with Gasteiger partial charge in [0.25, 0.3) is 11.8 Å². The molecule has 8 amide bonds. The third-order valence-electron chi connectivity index (χ3n) is 12.4. The summed E-state index contributed by atoms with van der Waals surface area (Å²) < 4.78 is 10.8. The normalized spacial score (nSPS) is 16.1. The molecule has 80 heavy (non-hydrogen) atoms. The summed E-state index contributed by atoms with van der Waals surface area (Å²) in [6, 6.07) is -3.94. The van der Waals surface area contributed by atoms with Crippen molar-refractivity contribution in [2.24, 2.45) is 55.9 Å². The van der Waals surface area contributed by atoms with Crippen LogP contribution in [0.5, 0.6) is 11.5 Å². The summed E-state index contributed by atoms with van der Waals surface area (Å²) in [5.41, 5.74) is 44.5. The van der Waals surface area contributed by atoms with Crippen molar-refractivity contribution in [2.45, 2.75) is 126 Å². The molecule has 31 heteroatoms. The molecule has 0 bridgehead atoms. The number of methoxy groups -OCH3 is 2. The smallest absolute Gasteiger partial charge is 0.352 e. The molecule has 0 spiro atoms. The molecular weight excluding hydrogens is 1050 g/mol. The first-order valence-corrected chi connectivity index (χ1v) is 26.1. The highest BCUT2D eigenvalue weighted by molar-refractivity contribution is 6.40. The van der Waals surface area contributed by atoms with Crippen LogP contribution in [-0.2, 0) is 49.6 Å². The summed E-state index contributed by atoms with van der Waals surface area (Å²) >= 11 is 0. The maximum Gasteiger partial charge on any atom is 0.352 e. The van der Waals surface area contributed by atoms with Crippen molar-refractivity contribution < 1.29 is 67.9 Å². The summed E-state index contributed by atoms with van der Waals surface area (Å²) in [4.78, 5) is 131. The number of likely N-dealkylation sites (tertiary alicyclic amines) is 1. The lowest BCUT2D eigenvalue weighted by Gasteiger charge is -2.28. The van der Waals surface area contributed by atoms with E-state index in [2.05, 4.69) is 41.9 Å². The number of carbonyl (C=O) groups is 9. The highest BCUT2D eigenvalue weighted by Gasteiger charge is 2.39. The first-order chi connectivity index (χ1) is 38.1. The van der Waals surface area contributed by atoms with Gasteiger partial charge in [-0.1, -0.05) is 18.6 Å². The molecule has 1 saturated heterocycles. The predicted octanol–water partition coefficient (Wildman–Crippen LogP) is -7.03. The summed E-state index contributed by atoms with van der Waals surface area (Å²) in [6.45, 7) is -1.32. The lowest BCUT2D eigenvalue weighted by atomic mass is 10.0. The van der Waals surface area contributed by atoms with E-state index in [1.165, 1.54) is 25.2 Å². The summed E-state index contributed by atoms with van der Waals surface area (Å²) in [5, 5.41) is 45.5. The van der Waals surface area contributed by atoms with E-state index in [-0.39, 0.29) is 82.8 Å². The molecule has 2 rings (SSSR count). The molecule has 31 nitrogen and oxygen atoms in total. The van der Waals surface area contributed by atoms with E-state index >= 15 is 0 Å². The van der Waals surface area contributed by atoms with Crippen LogP contribution in [0.25, 0.3) is 0 Å². The Hall–Kier alpha value is -7.39. The number of unbranched alkanes of at least 4 members (excludes halogenated alkanes) is 2. The Balaban J connectivity index is 2.44. The standard InChI is InChI=1S/C49H83N17O14/c1-79-36-16-15-27(23-37(36)80-2)22-32(43(72)61-29(11-4-6-18-51)42(71)62-31(48(77)78)13-8-20-58-49(56)57)63-44(73)33-14-9-21-66(33)47(76)30(12-7-19-52)60-38(69)26-59-45(74)39(34(67)24-53)65-46(75)40(35(68)25-54)64-41(70)28(55)10-3-5-17-50/h13,15-16,23,28-29,32-35,39-40,67-68H,3-12,14,17-22,24-26,50-55H2,1-2H3,(H,59,74)(H,61,72)(H,62,71)(H,63,73)(H,64,70)(H,65,75)(H,77,78)(H4,56,57,58)/b31-13-,60-30?/t28-,29-,32-,33-,34-,35-,39-,40-/m0/s1. The molecule has 0 aromatic heterocycles. The van der Waals surface area contributed by atoms with Crippen molar-refractivity contribution >= 4 is 64.9 Å². The van der Waals surface area contributed by atoms with Gasteiger partial charge in [-0.25, -0.2) is 9.79 Å². The Labute approximate surface area is 463 Å². The van der Waals surface area contributed by atoms with Gasteiger partial charge in [0.2, 0.25) is 35.4 Å². The number of ether oxygens (including phenoxy) is 2. The van der Waals surface area contributed by atoms with Crippen LogP contribution in [0.2, 0.25) is 0 Å². The van der Waals surface area contributed by atoms with Gasteiger partial charge in [-0.2, -0.15) is 0 Å². The van der Waals surface area contributed by atoms with Gasteiger partial charge < -0.3 is 107 Å². The summed E-state index contributed by atoms with van der Waals surface area (Å²) in [6.07, 6.45) is 0.0139.